The predicted octanol–water partition coefficient (Wildman–Crippen LogP) is 2.69. The van der Waals surface area contributed by atoms with E-state index in [4.69, 9.17) is 11.6 Å². The van der Waals surface area contributed by atoms with Crippen LogP contribution in [0, 0.1) is 5.82 Å². The van der Waals surface area contributed by atoms with Crippen LogP contribution in [-0.4, -0.2) is 24.8 Å². The molecule has 1 aromatic heterocycles. The molecule has 0 aliphatic rings. The van der Waals surface area contributed by atoms with Crippen LogP contribution in [0.25, 0.3) is 0 Å². The van der Waals surface area contributed by atoms with Gasteiger partial charge in [-0.05, 0) is 18.2 Å². The maximum atomic E-state index is 13.5. The van der Waals surface area contributed by atoms with Gasteiger partial charge in [-0.25, -0.2) is 17.8 Å². The first-order valence-corrected chi connectivity index (χ1v) is 7.54. The van der Waals surface area contributed by atoms with Gasteiger partial charge in [0.25, 0.3) is 0 Å². The van der Waals surface area contributed by atoms with Gasteiger partial charge in [0.15, 0.2) is 0 Å². The van der Waals surface area contributed by atoms with Crippen LogP contribution in [0.5, 0.6) is 0 Å². The van der Waals surface area contributed by atoms with Gasteiger partial charge in [0, 0.05) is 25.4 Å². The number of nitrogens with zero attached hydrogens (tertiary/aromatic N) is 2. The molecule has 0 saturated heterocycles. The van der Waals surface area contributed by atoms with Gasteiger partial charge in [-0.1, -0.05) is 29.8 Å². The minimum atomic E-state index is -3.73. The summed E-state index contributed by atoms with van der Waals surface area (Å²) in [6, 6.07) is 8.80. The van der Waals surface area contributed by atoms with Gasteiger partial charge in [0.2, 0.25) is 10.0 Å². The monoisotopic (exact) mass is 314 g/mol. The number of sulfonamides is 1. The standard InChI is InChI=1S/C13H12ClFN2O2S/c1-17(9-10-4-2-3-5-12(10)15)20(18,19)11-6-7-13(14)16-8-11/h2-8H,9H2,1H3. The number of aromatic nitrogens is 1. The van der Waals surface area contributed by atoms with Crippen molar-refractivity contribution in [2.75, 3.05) is 7.05 Å². The van der Waals surface area contributed by atoms with Gasteiger partial charge in [0.05, 0.1) is 0 Å². The van der Waals surface area contributed by atoms with Crippen LogP contribution < -0.4 is 0 Å². The first kappa shape index (κ1) is 14.9. The van der Waals surface area contributed by atoms with E-state index in [0.29, 0.717) is 5.56 Å². The third-order valence-corrected chi connectivity index (χ3v) is 4.77. The third-order valence-electron chi connectivity index (χ3n) is 2.76. The highest BCUT2D eigenvalue weighted by atomic mass is 35.5. The van der Waals surface area contributed by atoms with Crippen LogP contribution in [0.4, 0.5) is 4.39 Å². The molecule has 1 aromatic carbocycles. The normalized spacial score (nSPS) is 11.8. The van der Waals surface area contributed by atoms with Crippen molar-refractivity contribution in [2.45, 2.75) is 11.4 Å². The van der Waals surface area contributed by atoms with Crippen molar-refractivity contribution in [1.29, 1.82) is 0 Å². The van der Waals surface area contributed by atoms with Crippen molar-refractivity contribution in [2.24, 2.45) is 0 Å². The Morgan fingerprint density at radius 3 is 2.55 bits per heavy atom. The number of pyridine rings is 1. The molecule has 0 aliphatic carbocycles. The summed E-state index contributed by atoms with van der Waals surface area (Å²) >= 11 is 5.62. The third kappa shape index (κ3) is 3.15. The molecule has 0 unspecified atom stereocenters. The van der Waals surface area contributed by atoms with Gasteiger partial charge in [-0.3, -0.25) is 0 Å². The molecule has 2 aromatic rings. The molecule has 0 aliphatic heterocycles. The highest BCUT2D eigenvalue weighted by Gasteiger charge is 2.22. The molecule has 0 spiro atoms. The quantitative estimate of drug-likeness (QED) is 0.815. The molecule has 20 heavy (non-hydrogen) atoms. The fourth-order valence-corrected chi connectivity index (χ4v) is 2.85. The van der Waals surface area contributed by atoms with E-state index in [0.717, 1.165) is 4.31 Å². The molecule has 0 atom stereocenters. The van der Waals surface area contributed by atoms with E-state index < -0.39 is 15.8 Å². The number of hydrogen-bond donors (Lipinski definition) is 0. The lowest BCUT2D eigenvalue weighted by Gasteiger charge is -2.17. The summed E-state index contributed by atoms with van der Waals surface area (Å²) < 4.78 is 39.2. The fraction of sp³-hybridized carbons (Fsp3) is 0.154. The Bertz CT molecular complexity index is 705. The Kier molecular flexibility index (Phi) is 4.37. The van der Waals surface area contributed by atoms with E-state index in [1.807, 2.05) is 0 Å². The Balaban J connectivity index is 2.26. The molecule has 1 heterocycles. The number of benzene rings is 1. The molecular formula is C13H12ClFN2O2S. The van der Waals surface area contributed by atoms with Gasteiger partial charge < -0.3 is 0 Å². The van der Waals surface area contributed by atoms with Crippen molar-refractivity contribution in [3.63, 3.8) is 0 Å². The van der Waals surface area contributed by atoms with Crippen LogP contribution in [0.3, 0.4) is 0 Å². The second kappa shape index (κ2) is 5.87. The highest BCUT2D eigenvalue weighted by molar-refractivity contribution is 7.89. The van der Waals surface area contributed by atoms with E-state index in [1.54, 1.807) is 18.2 Å². The number of hydrogen-bond acceptors (Lipinski definition) is 3. The second-order valence-electron chi connectivity index (χ2n) is 4.17. The second-order valence-corrected chi connectivity index (χ2v) is 6.60. The molecule has 0 bridgehead atoms. The van der Waals surface area contributed by atoms with Crippen molar-refractivity contribution in [3.05, 3.63) is 59.1 Å². The van der Waals surface area contributed by atoms with E-state index in [9.17, 15) is 12.8 Å². The first-order valence-electron chi connectivity index (χ1n) is 5.72. The zero-order chi connectivity index (χ0) is 14.8. The van der Waals surface area contributed by atoms with Crippen molar-refractivity contribution in [1.82, 2.24) is 9.29 Å². The van der Waals surface area contributed by atoms with Gasteiger partial charge in [-0.2, -0.15) is 4.31 Å². The van der Waals surface area contributed by atoms with E-state index in [1.165, 1.54) is 31.4 Å². The zero-order valence-electron chi connectivity index (χ0n) is 10.6. The summed E-state index contributed by atoms with van der Waals surface area (Å²) in [6.07, 6.45) is 1.18. The molecule has 2 rings (SSSR count). The zero-order valence-corrected chi connectivity index (χ0v) is 12.2. The Labute approximate surface area is 121 Å². The van der Waals surface area contributed by atoms with Crippen molar-refractivity contribution < 1.29 is 12.8 Å². The lowest BCUT2D eigenvalue weighted by Crippen LogP contribution is -2.27. The number of rotatable bonds is 4. The van der Waals surface area contributed by atoms with E-state index >= 15 is 0 Å². The van der Waals surface area contributed by atoms with Crippen LogP contribution in [0.15, 0.2) is 47.5 Å². The molecular weight excluding hydrogens is 303 g/mol. The average Bonchev–Trinajstić information content (AvgIpc) is 2.41. The summed E-state index contributed by atoms with van der Waals surface area (Å²) in [6.45, 7) is -0.0579. The summed E-state index contributed by atoms with van der Waals surface area (Å²) in [7, 11) is -2.34. The maximum Gasteiger partial charge on any atom is 0.244 e. The lowest BCUT2D eigenvalue weighted by atomic mass is 10.2. The molecule has 106 valence electrons. The summed E-state index contributed by atoms with van der Waals surface area (Å²) in [5, 5.41) is 0.209. The predicted molar refractivity (Wildman–Crippen MR) is 74.3 cm³/mol. The Hall–Kier alpha value is -1.50. The van der Waals surface area contributed by atoms with Crippen LogP contribution >= 0.6 is 11.6 Å². The Morgan fingerprint density at radius 1 is 1.25 bits per heavy atom. The minimum absolute atomic E-state index is 0.0146. The summed E-state index contributed by atoms with van der Waals surface area (Å²) in [4.78, 5) is 3.75. The minimum Gasteiger partial charge on any atom is -0.243 e. The molecule has 0 amide bonds. The van der Waals surface area contributed by atoms with Gasteiger partial charge in [-0.15, -0.1) is 0 Å². The number of halogens is 2. The van der Waals surface area contributed by atoms with Gasteiger partial charge in [0.1, 0.15) is 15.9 Å². The molecule has 0 fully saturated rings. The van der Waals surface area contributed by atoms with Crippen molar-refractivity contribution >= 4 is 21.6 Å². The fourth-order valence-electron chi connectivity index (χ4n) is 1.65. The first-order chi connectivity index (χ1) is 9.41. The van der Waals surface area contributed by atoms with Gasteiger partial charge >= 0.3 is 0 Å². The highest BCUT2D eigenvalue weighted by Crippen LogP contribution is 2.18. The smallest absolute Gasteiger partial charge is 0.243 e. The van der Waals surface area contributed by atoms with E-state index in [2.05, 4.69) is 4.98 Å². The van der Waals surface area contributed by atoms with Crippen LogP contribution in [0.1, 0.15) is 5.56 Å². The van der Waals surface area contributed by atoms with Crippen LogP contribution in [0.2, 0.25) is 5.15 Å². The molecule has 4 nitrogen and oxygen atoms in total. The topological polar surface area (TPSA) is 50.3 Å². The van der Waals surface area contributed by atoms with E-state index in [-0.39, 0.29) is 16.6 Å². The lowest BCUT2D eigenvalue weighted by molar-refractivity contribution is 0.456. The molecule has 0 N–H and O–H groups in total. The largest absolute Gasteiger partial charge is 0.244 e. The maximum absolute atomic E-state index is 13.5. The molecule has 0 radical (unpaired) electrons. The van der Waals surface area contributed by atoms with Crippen LogP contribution in [-0.2, 0) is 16.6 Å². The summed E-state index contributed by atoms with van der Waals surface area (Å²) in [5.74, 6) is -0.441. The Morgan fingerprint density at radius 2 is 1.95 bits per heavy atom. The molecule has 7 heteroatoms. The molecule has 0 saturated carbocycles. The average molecular weight is 315 g/mol. The summed E-state index contributed by atoms with van der Waals surface area (Å²) in [5.41, 5.74) is 0.306. The SMILES string of the molecule is CN(Cc1ccccc1F)S(=O)(=O)c1ccc(Cl)nc1. The van der Waals surface area contributed by atoms with Crippen molar-refractivity contribution in [3.8, 4) is 0 Å².